The van der Waals surface area contributed by atoms with E-state index in [1.807, 2.05) is 24.3 Å². The fraction of sp³-hybridized carbons (Fsp3) is 0.450. The number of hydrogen-bond donors (Lipinski definition) is 2. The second-order valence-electron chi connectivity index (χ2n) is 5.90. The molecule has 2 rings (SSSR count). The van der Waals surface area contributed by atoms with E-state index in [-0.39, 0.29) is 24.0 Å². The van der Waals surface area contributed by atoms with Crippen molar-refractivity contribution in [2.45, 2.75) is 33.4 Å². The van der Waals surface area contributed by atoms with E-state index in [1.54, 1.807) is 18.4 Å². The minimum atomic E-state index is 0. The van der Waals surface area contributed by atoms with Crippen molar-refractivity contribution in [2.75, 3.05) is 26.8 Å². The molecule has 0 spiro atoms. The van der Waals surface area contributed by atoms with E-state index in [0.717, 1.165) is 36.8 Å². The van der Waals surface area contributed by atoms with E-state index in [4.69, 9.17) is 9.47 Å². The molecule has 2 N–H and O–H groups in total. The van der Waals surface area contributed by atoms with Crippen molar-refractivity contribution in [1.82, 2.24) is 10.6 Å². The summed E-state index contributed by atoms with van der Waals surface area (Å²) in [6, 6.07) is 10.1. The molecule has 5 nitrogen and oxygen atoms in total. The molecule has 0 amide bonds. The van der Waals surface area contributed by atoms with Crippen molar-refractivity contribution in [2.24, 2.45) is 4.99 Å². The minimum absolute atomic E-state index is 0. The molecule has 0 fully saturated rings. The average molecular weight is 503 g/mol. The van der Waals surface area contributed by atoms with Crippen LogP contribution in [0.2, 0.25) is 0 Å². The molecule has 0 bridgehead atoms. The number of hydrogen-bond acceptors (Lipinski definition) is 4. The Morgan fingerprint density at radius 1 is 1.15 bits per heavy atom. The van der Waals surface area contributed by atoms with E-state index >= 15 is 0 Å². The fourth-order valence-corrected chi connectivity index (χ4v) is 3.18. The van der Waals surface area contributed by atoms with Crippen molar-refractivity contribution < 1.29 is 9.47 Å². The van der Waals surface area contributed by atoms with Crippen LogP contribution in [0.4, 0.5) is 0 Å². The highest BCUT2D eigenvalue weighted by molar-refractivity contribution is 14.0. The van der Waals surface area contributed by atoms with Crippen molar-refractivity contribution >= 4 is 41.3 Å². The lowest BCUT2D eigenvalue weighted by Gasteiger charge is -2.11. The third-order valence-electron chi connectivity index (χ3n) is 3.88. The van der Waals surface area contributed by atoms with E-state index in [1.165, 1.54) is 10.4 Å². The van der Waals surface area contributed by atoms with E-state index in [2.05, 4.69) is 40.9 Å². The van der Waals surface area contributed by atoms with Crippen LogP contribution in [0.3, 0.4) is 0 Å². The van der Waals surface area contributed by atoms with Gasteiger partial charge in [-0.05, 0) is 55.0 Å². The summed E-state index contributed by atoms with van der Waals surface area (Å²) in [5.41, 5.74) is 2.46. The van der Waals surface area contributed by atoms with Crippen LogP contribution in [0, 0.1) is 6.92 Å². The number of rotatable bonds is 10. The Balaban J connectivity index is 0.00000364. The Hall–Kier alpha value is -1.32. The van der Waals surface area contributed by atoms with Crippen molar-refractivity contribution in [3.05, 3.63) is 51.7 Å². The first-order valence-electron chi connectivity index (χ1n) is 8.98. The number of nitrogens with zero attached hydrogens (tertiary/aromatic N) is 1. The molecule has 0 aliphatic rings. The summed E-state index contributed by atoms with van der Waals surface area (Å²) in [6.07, 6.45) is 0.929. The molecular formula is C20H30IN3O2S. The molecule has 1 aromatic carbocycles. The number of halogens is 1. The Morgan fingerprint density at radius 3 is 2.56 bits per heavy atom. The van der Waals surface area contributed by atoms with Crippen LogP contribution >= 0.6 is 35.3 Å². The van der Waals surface area contributed by atoms with Gasteiger partial charge in [-0.15, -0.1) is 35.3 Å². The molecule has 0 radical (unpaired) electrons. The maximum Gasteiger partial charge on any atom is 0.191 e. The standard InChI is InChI=1S/C20H29N3O2S.HI/c1-4-21-20(23-14-19-16(2)10-13-26-19)22-11-5-12-25-15-17-6-8-18(24-3)9-7-17;/h6-10,13H,4-5,11-12,14-15H2,1-3H3,(H2,21,22,23);1H. The highest BCUT2D eigenvalue weighted by atomic mass is 127. The van der Waals surface area contributed by atoms with Crippen LogP contribution in [0.25, 0.3) is 0 Å². The van der Waals surface area contributed by atoms with Gasteiger partial charge in [-0.25, -0.2) is 4.99 Å². The second-order valence-corrected chi connectivity index (χ2v) is 6.90. The molecule has 0 aliphatic carbocycles. The Kier molecular flexibility index (Phi) is 12.1. The van der Waals surface area contributed by atoms with Crippen LogP contribution in [-0.4, -0.2) is 32.8 Å². The quantitative estimate of drug-likeness (QED) is 0.219. The van der Waals surface area contributed by atoms with Crippen LogP contribution < -0.4 is 15.4 Å². The van der Waals surface area contributed by atoms with Crippen molar-refractivity contribution in [1.29, 1.82) is 0 Å². The fourth-order valence-electron chi connectivity index (χ4n) is 2.35. The van der Waals surface area contributed by atoms with E-state index < -0.39 is 0 Å². The number of thiophene rings is 1. The molecule has 7 heteroatoms. The predicted octanol–water partition coefficient (Wildman–Crippen LogP) is 4.35. The molecule has 0 unspecified atom stereocenters. The maximum atomic E-state index is 5.73. The van der Waals surface area contributed by atoms with Gasteiger partial charge in [0, 0.05) is 24.6 Å². The molecule has 1 heterocycles. The van der Waals surface area contributed by atoms with Gasteiger partial charge in [0.2, 0.25) is 0 Å². The summed E-state index contributed by atoms with van der Waals surface area (Å²) in [5.74, 6) is 1.72. The van der Waals surface area contributed by atoms with Crippen LogP contribution in [0.15, 0.2) is 40.7 Å². The number of guanidine groups is 1. The van der Waals surface area contributed by atoms with Gasteiger partial charge >= 0.3 is 0 Å². The first-order chi connectivity index (χ1) is 12.7. The van der Waals surface area contributed by atoms with E-state index in [0.29, 0.717) is 19.8 Å². The molecular weight excluding hydrogens is 473 g/mol. The molecule has 0 atom stereocenters. The topological polar surface area (TPSA) is 54.9 Å². The van der Waals surface area contributed by atoms with Gasteiger partial charge in [-0.2, -0.15) is 0 Å². The summed E-state index contributed by atoms with van der Waals surface area (Å²) in [5, 5.41) is 8.76. The first kappa shape index (κ1) is 23.7. The lowest BCUT2D eigenvalue weighted by Crippen LogP contribution is -2.38. The zero-order chi connectivity index (χ0) is 18.6. The number of nitrogens with one attached hydrogen (secondary N) is 2. The molecule has 1 aromatic heterocycles. The van der Waals surface area contributed by atoms with Gasteiger partial charge in [0.1, 0.15) is 5.75 Å². The van der Waals surface area contributed by atoms with Crippen LogP contribution in [0.5, 0.6) is 5.75 Å². The highest BCUT2D eigenvalue weighted by Crippen LogP contribution is 2.16. The number of methoxy groups -OCH3 is 1. The second kappa shape index (κ2) is 13.8. The summed E-state index contributed by atoms with van der Waals surface area (Å²) in [4.78, 5) is 5.96. The largest absolute Gasteiger partial charge is 0.497 e. The molecule has 0 saturated heterocycles. The lowest BCUT2D eigenvalue weighted by molar-refractivity contribution is 0.119. The zero-order valence-corrected chi connectivity index (χ0v) is 19.4. The Morgan fingerprint density at radius 2 is 1.93 bits per heavy atom. The average Bonchev–Trinajstić information content (AvgIpc) is 3.07. The molecule has 0 aliphatic heterocycles. The van der Waals surface area contributed by atoms with Gasteiger partial charge in [0.05, 0.1) is 20.3 Å². The number of ether oxygens (including phenoxy) is 2. The van der Waals surface area contributed by atoms with Crippen molar-refractivity contribution in [3.8, 4) is 5.75 Å². The van der Waals surface area contributed by atoms with Crippen LogP contribution in [-0.2, 0) is 17.9 Å². The van der Waals surface area contributed by atoms with Crippen LogP contribution in [0.1, 0.15) is 29.3 Å². The Labute approximate surface area is 183 Å². The third-order valence-corrected chi connectivity index (χ3v) is 4.89. The van der Waals surface area contributed by atoms with Gasteiger partial charge in [-0.1, -0.05) is 12.1 Å². The van der Waals surface area contributed by atoms with E-state index in [9.17, 15) is 0 Å². The van der Waals surface area contributed by atoms with Gasteiger partial charge < -0.3 is 20.1 Å². The summed E-state index contributed by atoms with van der Waals surface area (Å²) in [7, 11) is 1.67. The third kappa shape index (κ3) is 8.94. The SMILES string of the molecule is CCNC(=NCc1sccc1C)NCCCOCc1ccc(OC)cc1.I. The smallest absolute Gasteiger partial charge is 0.191 e. The predicted molar refractivity (Wildman–Crippen MR) is 125 cm³/mol. The number of aryl methyl sites for hydroxylation is 1. The summed E-state index contributed by atoms with van der Waals surface area (Å²) >= 11 is 1.75. The minimum Gasteiger partial charge on any atom is -0.497 e. The molecule has 0 saturated carbocycles. The maximum absolute atomic E-state index is 5.73. The molecule has 150 valence electrons. The summed E-state index contributed by atoms with van der Waals surface area (Å²) < 4.78 is 10.9. The van der Waals surface area contributed by atoms with Gasteiger partial charge in [-0.3, -0.25) is 0 Å². The normalized spacial score (nSPS) is 11.0. The lowest BCUT2D eigenvalue weighted by atomic mass is 10.2. The van der Waals surface area contributed by atoms with Gasteiger partial charge in [0.15, 0.2) is 5.96 Å². The molecule has 27 heavy (non-hydrogen) atoms. The highest BCUT2D eigenvalue weighted by Gasteiger charge is 2.01. The first-order valence-corrected chi connectivity index (χ1v) is 9.86. The number of benzene rings is 1. The zero-order valence-electron chi connectivity index (χ0n) is 16.3. The Bertz CT molecular complexity index is 674. The van der Waals surface area contributed by atoms with Gasteiger partial charge in [0.25, 0.3) is 0 Å². The monoisotopic (exact) mass is 503 g/mol. The molecule has 2 aromatic rings. The summed E-state index contributed by atoms with van der Waals surface area (Å²) in [6.45, 7) is 7.93. The number of aliphatic imine (C=N–C) groups is 1. The van der Waals surface area contributed by atoms with Crippen molar-refractivity contribution in [3.63, 3.8) is 0 Å².